The molecule has 1 aliphatic rings. The average molecular weight is 322 g/mol. The van der Waals surface area contributed by atoms with E-state index in [1.54, 1.807) is 24.3 Å². The topological polar surface area (TPSA) is 69.7 Å². The molecule has 0 saturated carbocycles. The van der Waals surface area contributed by atoms with Crippen LogP contribution in [0.3, 0.4) is 0 Å². The molecule has 9 heteroatoms. The molecule has 0 bridgehead atoms. The molecule has 0 aliphatic carbocycles. The van der Waals surface area contributed by atoms with Crippen LogP contribution in [0.15, 0.2) is 24.3 Å². The average Bonchev–Trinajstić information content (AvgIpc) is 2.40. The molecule has 0 atom stereocenters. The Morgan fingerprint density at radius 1 is 1.15 bits per heavy atom. The Hall–Kier alpha value is -1.38. The second kappa shape index (κ2) is 5.94. The number of carbonyl (C=O) groups excluding carboxylic acids is 1. The molecule has 6 nitrogen and oxygen atoms in total. The van der Waals surface area contributed by atoms with Crippen LogP contribution in [-0.2, 0) is 10.4 Å². The molecule has 0 unspecified atom stereocenters. The van der Waals surface area contributed by atoms with Gasteiger partial charge in [-0.3, -0.25) is 0 Å². The third-order valence-corrected chi connectivity index (χ3v) is 4.16. The molecule has 1 N–H and O–H groups in total. The predicted molar refractivity (Wildman–Crippen MR) is 73.6 cm³/mol. The van der Waals surface area contributed by atoms with Crippen LogP contribution in [0, 0.1) is 0 Å². The lowest BCUT2D eigenvalue weighted by atomic mass is 10.3. The standard InChI is InChI=1S/C11H13ClFN3O3S/c12-9-1-3-10(4-2-9)14-11(17)15-5-7-16(8-6-15)20(13,18)19/h1-4H,5-8H2,(H,14,17). The molecule has 0 aromatic heterocycles. The largest absolute Gasteiger partial charge is 0.374 e. The molecule has 110 valence electrons. The van der Waals surface area contributed by atoms with Gasteiger partial charge in [0.25, 0.3) is 0 Å². The number of urea groups is 1. The minimum atomic E-state index is -4.68. The fraction of sp³-hybridized carbons (Fsp3) is 0.364. The first kappa shape index (κ1) is 15.0. The molecule has 1 saturated heterocycles. The van der Waals surface area contributed by atoms with Crippen LogP contribution in [0.1, 0.15) is 0 Å². The summed E-state index contributed by atoms with van der Waals surface area (Å²) >= 11 is 5.73. The zero-order valence-corrected chi connectivity index (χ0v) is 12.0. The van der Waals surface area contributed by atoms with Crippen molar-refractivity contribution in [2.75, 3.05) is 31.5 Å². The summed E-state index contributed by atoms with van der Waals surface area (Å²) in [6.45, 7) is 0.185. The van der Waals surface area contributed by atoms with Gasteiger partial charge >= 0.3 is 16.4 Å². The first-order valence-electron chi connectivity index (χ1n) is 5.87. The number of anilines is 1. The second-order valence-electron chi connectivity index (χ2n) is 4.27. The molecule has 1 aromatic carbocycles. The Balaban J connectivity index is 1.90. The van der Waals surface area contributed by atoms with E-state index in [-0.39, 0.29) is 32.2 Å². The summed E-state index contributed by atoms with van der Waals surface area (Å²) in [5.74, 6) is 0. The van der Waals surface area contributed by atoms with Crippen LogP contribution < -0.4 is 5.32 Å². The maximum atomic E-state index is 12.8. The Bertz CT molecular complexity index is 585. The Morgan fingerprint density at radius 3 is 2.20 bits per heavy atom. The molecular weight excluding hydrogens is 309 g/mol. The first-order chi connectivity index (χ1) is 9.36. The van der Waals surface area contributed by atoms with Gasteiger partial charge in [0, 0.05) is 36.9 Å². The molecule has 1 aromatic rings. The van der Waals surface area contributed by atoms with E-state index in [4.69, 9.17) is 11.6 Å². The van der Waals surface area contributed by atoms with E-state index in [1.165, 1.54) is 4.90 Å². The summed E-state index contributed by atoms with van der Waals surface area (Å²) in [5, 5.41) is 3.22. The van der Waals surface area contributed by atoms with E-state index in [0.29, 0.717) is 15.0 Å². The third kappa shape index (κ3) is 3.81. The lowest BCUT2D eigenvalue weighted by Gasteiger charge is -2.31. The minimum Gasteiger partial charge on any atom is -0.322 e. The summed E-state index contributed by atoms with van der Waals surface area (Å²) in [6.07, 6.45) is 0. The predicted octanol–water partition coefficient (Wildman–Crippen LogP) is 1.70. The van der Waals surface area contributed by atoms with Gasteiger partial charge in [-0.1, -0.05) is 15.5 Å². The quantitative estimate of drug-likeness (QED) is 0.843. The van der Waals surface area contributed by atoms with Crippen molar-refractivity contribution in [3.8, 4) is 0 Å². The van der Waals surface area contributed by atoms with Crippen molar-refractivity contribution in [1.82, 2.24) is 9.21 Å². The van der Waals surface area contributed by atoms with Gasteiger partial charge in [0.1, 0.15) is 0 Å². The lowest BCUT2D eigenvalue weighted by molar-refractivity contribution is 0.182. The highest BCUT2D eigenvalue weighted by atomic mass is 35.5. The van der Waals surface area contributed by atoms with Crippen LogP contribution in [-0.4, -0.2) is 49.8 Å². The maximum absolute atomic E-state index is 12.8. The first-order valence-corrected chi connectivity index (χ1v) is 7.59. The number of nitrogens with one attached hydrogen (secondary N) is 1. The van der Waals surface area contributed by atoms with Crippen molar-refractivity contribution in [2.45, 2.75) is 0 Å². The molecule has 2 rings (SSSR count). The van der Waals surface area contributed by atoms with Crippen molar-refractivity contribution in [1.29, 1.82) is 0 Å². The van der Waals surface area contributed by atoms with E-state index in [2.05, 4.69) is 5.32 Å². The van der Waals surface area contributed by atoms with Gasteiger partial charge < -0.3 is 10.2 Å². The number of piperazine rings is 1. The number of hydrogen-bond acceptors (Lipinski definition) is 3. The van der Waals surface area contributed by atoms with E-state index < -0.39 is 10.4 Å². The number of rotatable bonds is 2. The summed E-state index contributed by atoms with van der Waals surface area (Å²) in [5.41, 5.74) is 0.583. The van der Waals surface area contributed by atoms with E-state index in [0.717, 1.165) is 0 Å². The maximum Gasteiger partial charge on any atom is 0.374 e. The van der Waals surface area contributed by atoms with Gasteiger partial charge in [-0.15, -0.1) is 0 Å². The van der Waals surface area contributed by atoms with E-state index >= 15 is 0 Å². The van der Waals surface area contributed by atoms with E-state index in [1.807, 2.05) is 0 Å². The molecule has 0 spiro atoms. The van der Waals surface area contributed by atoms with Crippen molar-refractivity contribution >= 4 is 33.7 Å². The Labute approximate surface area is 121 Å². The van der Waals surface area contributed by atoms with Gasteiger partial charge in [-0.05, 0) is 24.3 Å². The monoisotopic (exact) mass is 321 g/mol. The van der Waals surface area contributed by atoms with Gasteiger partial charge in [-0.25, -0.2) is 4.79 Å². The molecule has 20 heavy (non-hydrogen) atoms. The van der Waals surface area contributed by atoms with Gasteiger partial charge in [0.2, 0.25) is 0 Å². The Kier molecular flexibility index (Phi) is 4.46. The molecule has 2 amide bonds. The normalized spacial score (nSPS) is 17.0. The summed E-state index contributed by atoms with van der Waals surface area (Å²) in [4.78, 5) is 13.4. The fourth-order valence-electron chi connectivity index (χ4n) is 1.85. The highest BCUT2D eigenvalue weighted by Gasteiger charge is 2.28. The number of amides is 2. The van der Waals surface area contributed by atoms with Gasteiger partial charge in [0.15, 0.2) is 0 Å². The highest BCUT2D eigenvalue weighted by molar-refractivity contribution is 7.83. The summed E-state index contributed by atoms with van der Waals surface area (Å²) in [7, 11) is -4.68. The van der Waals surface area contributed by atoms with Crippen LogP contribution in [0.5, 0.6) is 0 Å². The Morgan fingerprint density at radius 2 is 1.70 bits per heavy atom. The minimum absolute atomic E-state index is 0.0487. The van der Waals surface area contributed by atoms with Crippen LogP contribution >= 0.6 is 11.6 Å². The SMILES string of the molecule is O=C(Nc1ccc(Cl)cc1)N1CCN(S(=O)(=O)F)CC1. The van der Waals surface area contributed by atoms with Gasteiger partial charge in [0.05, 0.1) is 0 Å². The van der Waals surface area contributed by atoms with Crippen molar-refractivity contribution in [3.63, 3.8) is 0 Å². The molecule has 1 aliphatic heterocycles. The van der Waals surface area contributed by atoms with Crippen molar-refractivity contribution in [3.05, 3.63) is 29.3 Å². The van der Waals surface area contributed by atoms with Crippen LogP contribution in [0.4, 0.5) is 14.4 Å². The number of hydrogen-bond donors (Lipinski definition) is 1. The van der Waals surface area contributed by atoms with E-state index in [9.17, 15) is 17.1 Å². The highest BCUT2D eigenvalue weighted by Crippen LogP contribution is 2.15. The summed E-state index contributed by atoms with van der Waals surface area (Å²) in [6, 6.07) is 6.24. The summed E-state index contributed by atoms with van der Waals surface area (Å²) < 4.78 is 34.9. The smallest absolute Gasteiger partial charge is 0.322 e. The zero-order valence-electron chi connectivity index (χ0n) is 10.4. The lowest BCUT2D eigenvalue weighted by Crippen LogP contribution is -2.50. The zero-order chi connectivity index (χ0) is 14.8. The number of nitrogens with zero attached hydrogens (tertiary/aromatic N) is 2. The molecule has 0 radical (unpaired) electrons. The number of benzene rings is 1. The molecule has 1 heterocycles. The fourth-order valence-corrected chi connectivity index (χ4v) is 2.57. The van der Waals surface area contributed by atoms with Crippen LogP contribution in [0.25, 0.3) is 0 Å². The number of halogens is 2. The van der Waals surface area contributed by atoms with Crippen LogP contribution in [0.2, 0.25) is 5.02 Å². The molecular formula is C11H13ClFN3O3S. The van der Waals surface area contributed by atoms with Gasteiger partial charge in [-0.2, -0.15) is 12.7 Å². The third-order valence-electron chi connectivity index (χ3n) is 2.93. The second-order valence-corrected chi connectivity index (χ2v) is 6.04. The number of carbonyl (C=O) groups is 1. The van der Waals surface area contributed by atoms with Crippen molar-refractivity contribution in [2.24, 2.45) is 0 Å². The van der Waals surface area contributed by atoms with Crippen molar-refractivity contribution < 1.29 is 17.1 Å². The molecule has 1 fully saturated rings.